The van der Waals surface area contributed by atoms with E-state index in [0.29, 0.717) is 19.0 Å². The van der Waals surface area contributed by atoms with Crippen molar-refractivity contribution in [3.05, 3.63) is 24.0 Å². The molecule has 1 aliphatic heterocycles. The number of nitrogens with one attached hydrogen (secondary N) is 2. The molecule has 4 rings (SSSR count). The summed E-state index contributed by atoms with van der Waals surface area (Å²) in [6.45, 7) is 3.37. The second-order valence-corrected chi connectivity index (χ2v) is 6.59. The molecule has 2 fully saturated rings. The van der Waals surface area contributed by atoms with E-state index < -0.39 is 0 Å². The third kappa shape index (κ3) is 3.08. The van der Waals surface area contributed by atoms with Gasteiger partial charge in [-0.3, -0.25) is 4.79 Å². The first-order valence-electron chi connectivity index (χ1n) is 8.63. The summed E-state index contributed by atoms with van der Waals surface area (Å²) in [5.41, 5.74) is 2.07. The molecule has 6 nitrogen and oxygen atoms in total. The fourth-order valence-electron chi connectivity index (χ4n) is 3.35. The molecule has 122 valence electrons. The van der Waals surface area contributed by atoms with Gasteiger partial charge in [0.2, 0.25) is 5.91 Å². The molecule has 2 aromatic rings. The number of piperidine rings is 1. The fourth-order valence-corrected chi connectivity index (χ4v) is 3.35. The third-order valence-corrected chi connectivity index (χ3v) is 4.79. The van der Waals surface area contributed by atoms with Crippen molar-refractivity contribution in [1.82, 2.24) is 25.4 Å². The van der Waals surface area contributed by atoms with E-state index in [1.807, 2.05) is 16.9 Å². The molecule has 0 aromatic carbocycles. The van der Waals surface area contributed by atoms with Crippen LogP contribution in [0.2, 0.25) is 0 Å². The van der Waals surface area contributed by atoms with Gasteiger partial charge in [-0.1, -0.05) is 0 Å². The highest BCUT2D eigenvalue weighted by Crippen LogP contribution is 2.29. The van der Waals surface area contributed by atoms with Crippen molar-refractivity contribution in [2.24, 2.45) is 5.92 Å². The summed E-state index contributed by atoms with van der Waals surface area (Å²) in [5, 5.41) is 12.4. The lowest BCUT2D eigenvalue weighted by Gasteiger charge is -2.21. The standard InChI is InChI=1S/C17H23N5O/c23-17(12-5-6-12)20-9-10-22-16-14(4-2-8-19-16)15(21-22)13-3-1-7-18-11-13/h2,4,8,12-13,18H,1,3,5-7,9-11H2,(H,20,23)/t13-/m1/s1. The Bertz CT molecular complexity index is 700. The maximum absolute atomic E-state index is 11.7. The summed E-state index contributed by atoms with van der Waals surface area (Å²) in [7, 11) is 0. The zero-order valence-electron chi connectivity index (χ0n) is 13.3. The van der Waals surface area contributed by atoms with Crippen LogP contribution in [0.4, 0.5) is 0 Å². The molecule has 1 amide bonds. The number of carbonyl (C=O) groups excluding carboxylic acids is 1. The van der Waals surface area contributed by atoms with Gasteiger partial charge in [-0.2, -0.15) is 5.10 Å². The first kappa shape index (κ1) is 14.6. The maximum atomic E-state index is 11.7. The topological polar surface area (TPSA) is 71.8 Å². The molecule has 1 atom stereocenters. The Labute approximate surface area is 135 Å². The van der Waals surface area contributed by atoms with E-state index >= 15 is 0 Å². The lowest BCUT2D eigenvalue weighted by Crippen LogP contribution is -2.29. The zero-order chi connectivity index (χ0) is 15.6. The summed E-state index contributed by atoms with van der Waals surface area (Å²) < 4.78 is 1.95. The van der Waals surface area contributed by atoms with Gasteiger partial charge in [-0.15, -0.1) is 0 Å². The molecule has 0 radical (unpaired) electrons. The number of fused-ring (bicyclic) bond motifs is 1. The molecule has 0 unspecified atom stereocenters. The number of pyridine rings is 1. The third-order valence-electron chi connectivity index (χ3n) is 4.79. The molecule has 0 spiro atoms. The van der Waals surface area contributed by atoms with Crippen LogP contribution >= 0.6 is 0 Å². The van der Waals surface area contributed by atoms with Gasteiger partial charge in [0, 0.05) is 36.5 Å². The molecule has 2 aromatic heterocycles. The second-order valence-electron chi connectivity index (χ2n) is 6.59. The van der Waals surface area contributed by atoms with Gasteiger partial charge in [0.25, 0.3) is 0 Å². The largest absolute Gasteiger partial charge is 0.354 e. The van der Waals surface area contributed by atoms with Crippen LogP contribution in [-0.2, 0) is 11.3 Å². The summed E-state index contributed by atoms with van der Waals surface area (Å²) in [6.07, 6.45) is 6.25. The van der Waals surface area contributed by atoms with Gasteiger partial charge in [0.05, 0.1) is 12.2 Å². The number of aromatic nitrogens is 3. The normalized spacial score (nSPS) is 21.5. The molecular formula is C17H23N5O. The Morgan fingerprint density at radius 2 is 2.30 bits per heavy atom. The minimum Gasteiger partial charge on any atom is -0.354 e. The number of carbonyl (C=O) groups is 1. The molecular weight excluding hydrogens is 290 g/mol. The van der Waals surface area contributed by atoms with E-state index in [1.165, 1.54) is 12.8 Å². The molecule has 1 saturated carbocycles. The van der Waals surface area contributed by atoms with Gasteiger partial charge < -0.3 is 10.6 Å². The minimum absolute atomic E-state index is 0.186. The molecule has 2 N–H and O–H groups in total. The van der Waals surface area contributed by atoms with Gasteiger partial charge in [0.1, 0.15) is 0 Å². The van der Waals surface area contributed by atoms with Crippen molar-refractivity contribution in [2.75, 3.05) is 19.6 Å². The Morgan fingerprint density at radius 1 is 1.39 bits per heavy atom. The van der Waals surface area contributed by atoms with Crippen molar-refractivity contribution >= 4 is 16.9 Å². The van der Waals surface area contributed by atoms with Crippen LogP contribution in [0.3, 0.4) is 0 Å². The average Bonchev–Trinajstić information content (AvgIpc) is 3.39. The smallest absolute Gasteiger partial charge is 0.223 e. The molecule has 1 aliphatic carbocycles. The van der Waals surface area contributed by atoms with Crippen LogP contribution in [0.5, 0.6) is 0 Å². The number of hydrogen-bond acceptors (Lipinski definition) is 4. The van der Waals surface area contributed by atoms with E-state index in [-0.39, 0.29) is 11.8 Å². The van der Waals surface area contributed by atoms with Crippen LogP contribution in [0.1, 0.15) is 37.3 Å². The first-order chi connectivity index (χ1) is 11.3. The number of rotatable bonds is 5. The lowest BCUT2D eigenvalue weighted by atomic mass is 9.94. The average molecular weight is 313 g/mol. The van der Waals surface area contributed by atoms with Crippen LogP contribution < -0.4 is 10.6 Å². The van der Waals surface area contributed by atoms with Crippen molar-refractivity contribution in [3.8, 4) is 0 Å². The van der Waals surface area contributed by atoms with E-state index in [0.717, 1.165) is 42.7 Å². The predicted octanol–water partition coefficient (Wildman–Crippen LogP) is 1.42. The number of hydrogen-bond donors (Lipinski definition) is 2. The van der Waals surface area contributed by atoms with Crippen LogP contribution in [-0.4, -0.2) is 40.3 Å². The fraction of sp³-hybridized carbons (Fsp3) is 0.588. The monoisotopic (exact) mass is 313 g/mol. The summed E-state index contributed by atoms with van der Waals surface area (Å²) in [4.78, 5) is 16.3. The predicted molar refractivity (Wildman–Crippen MR) is 88.1 cm³/mol. The molecule has 23 heavy (non-hydrogen) atoms. The summed E-state index contributed by atoms with van der Waals surface area (Å²) in [6, 6.07) is 4.08. The van der Waals surface area contributed by atoms with Gasteiger partial charge in [-0.05, 0) is 44.4 Å². The zero-order valence-corrected chi connectivity index (χ0v) is 13.3. The maximum Gasteiger partial charge on any atom is 0.223 e. The van der Waals surface area contributed by atoms with Crippen molar-refractivity contribution in [3.63, 3.8) is 0 Å². The second kappa shape index (κ2) is 6.28. The summed E-state index contributed by atoms with van der Waals surface area (Å²) >= 11 is 0. The molecule has 1 saturated heterocycles. The summed E-state index contributed by atoms with van der Waals surface area (Å²) in [5.74, 6) is 0.898. The van der Waals surface area contributed by atoms with Crippen molar-refractivity contribution in [2.45, 2.75) is 38.1 Å². The van der Waals surface area contributed by atoms with Crippen molar-refractivity contribution in [1.29, 1.82) is 0 Å². The first-order valence-corrected chi connectivity index (χ1v) is 8.63. The minimum atomic E-state index is 0.186. The quantitative estimate of drug-likeness (QED) is 0.876. The van der Waals surface area contributed by atoms with Crippen LogP contribution in [0, 0.1) is 5.92 Å². The van der Waals surface area contributed by atoms with E-state index in [4.69, 9.17) is 5.10 Å². The number of amides is 1. The number of nitrogens with zero attached hydrogens (tertiary/aromatic N) is 3. The SMILES string of the molecule is O=C(NCCn1nc([C@@H]2CCCNC2)c2cccnc21)C1CC1. The Balaban J connectivity index is 1.52. The van der Waals surface area contributed by atoms with E-state index in [1.54, 1.807) is 0 Å². The molecule has 2 aliphatic rings. The Kier molecular flexibility index (Phi) is 3.99. The van der Waals surface area contributed by atoms with Gasteiger partial charge in [0.15, 0.2) is 5.65 Å². The highest BCUT2D eigenvalue weighted by Gasteiger charge is 2.29. The van der Waals surface area contributed by atoms with Gasteiger partial charge in [-0.25, -0.2) is 9.67 Å². The molecule has 6 heteroatoms. The van der Waals surface area contributed by atoms with Crippen molar-refractivity contribution < 1.29 is 4.79 Å². The Hall–Kier alpha value is -1.95. The van der Waals surface area contributed by atoms with Crippen LogP contribution in [0.15, 0.2) is 18.3 Å². The van der Waals surface area contributed by atoms with E-state index in [9.17, 15) is 4.79 Å². The highest BCUT2D eigenvalue weighted by atomic mass is 16.2. The van der Waals surface area contributed by atoms with Gasteiger partial charge >= 0.3 is 0 Å². The Morgan fingerprint density at radius 3 is 3.09 bits per heavy atom. The molecule has 0 bridgehead atoms. The van der Waals surface area contributed by atoms with E-state index in [2.05, 4.69) is 21.7 Å². The highest BCUT2D eigenvalue weighted by molar-refractivity contribution is 5.81. The van der Waals surface area contributed by atoms with Crippen LogP contribution in [0.25, 0.3) is 11.0 Å². The lowest BCUT2D eigenvalue weighted by molar-refractivity contribution is -0.122. The molecule has 3 heterocycles.